The fourth-order valence-electron chi connectivity index (χ4n) is 2.75. The van der Waals surface area contributed by atoms with Crippen molar-refractivity contribution < 1.29 is 4.79 Å². The first-order chi connectivity index (χ1) is 8.29. The molecule has 1 N–H and O–H groups in total. The maximum absolute atomic E-state index is 12.0. The Kier molecular flexibility index (Phi) is 7.02. The van der Waals surface area contributed by atoms with Gasteiger partial charge < -0.3 is 10.2 Å². The van der Waals surface area contributed by atoms with Gasteiger partial charge in [0.25, 0.3) is 0 Å². The van der Waals surface area contributed by atoms with Crippen molar-refractivity contribution in [3.8, 4) is 0 Å². The Bertz CT molecular complexity index is 254. The highest BCUT2D eigenvalue weighted by atomic mass is 35.5. The number of likely N-dealkylation sites (tertiary alicyclic amines) is 1. The van der Waals surface area contributed by atoms with Crippen LogP contribution in [0.5, 0.6) is 0 Å². The van der Waals surface area contributed by atoms with E-state index >= 15 is 0 Å². The zero-order valence-electron chi connectivity index (χ0n) is 11.5. The molecule has 0 aromatic rings. The van der Waals surface area contributed by atoms with E-state index < -0.39 is 0 Å². The largest absolute Gasteiger partial charge is 0.341 e. The number of hydrogen-bond acceptors (Lipinski definition) is 2. The standard InChI is InChI=1S/C14H26N2O.ClH/c1-2-4-13-5-3-8-16(11-13)14(17)10-15-9-12-6-7-12;/h12-13,15H,2-11H2,1H3;1H. The molecule has 0 radical (unpaired) electrons. The molecule has 0 spiro atoms. The quantitative estimate of drug-likeness (QED) is 0.807. The molecule has 4 heteroatoms. The van der Waals surface area contributed by atoms with Crippen LogP contribution in [-0.4, -0.2) is 37.0 Å². The molecule has 1 saturated heterocycles. The minimum atomic E-state index is 0. The Morgan fingerprint density at radius 1 is 1.28 bits per heavy atom. The van der Waals surface area contributed by atoms with Crippen molar-refractivity contribution in [2.24, 2.45) is 11.8 Å². The molecular formula is C14H27ClN2O. The molecule has 3 nitrogen and oxygen atoms in total. The van der Waals surface area contributed by atoms with Crippen molar-refractivity contribution >= 4 is 18.3 Å². The van der Waals surface area contributed by atoms with Crippen LogP contribution in [0.4, 0.5) is 0 Å². The molecule has 1 aliphatic heterocycles. The number of hydrogen-bond donors (Lipinski definition) is 1. The predicted octanol–water partition coefficient (Wildman–Crippen LogP) is 2.45. The highest BCUT2D eigenvalue weighted by Gasteiger charge is 2.24. The number of amides is 1. The van der Waals surface area contributed by atoms with E-state index in [4.69, 9.17) is 0 Å². The summed E-state index contributed by atoms with van der Waals surface area (Å²) >= 11 is 0. The molecule has 0 bridgehead atoms. The summed E-state index contributed by atoms with van der Waals surface area (Å²) in [5.74, 6) is 1.92. The van der Waals surface area contributed by atoms with E-state index in [-0.39, 0.29) is 12.4 Å². The molecule has 1 aliphatic carbocycles. The molecule has 1 unspecified atom stereocenters. The topological polar surface area (TPSA) is 32.3 Å². The third kappa shape index (κ3) is 5.15. The predicted molar refractivity (Wildman–Crippen MR) is 77.1 cm³/mol. The van der Waals surface area contributed by atoms with E-state index in [2.05, 4.69) is 17.1 Å². The lowest BCUT2D eigenvalue weighted by atomic mass is 9.94. The summed E-state index contributed by atoms with van der Waals surface area (Å²) in [7, 11) is 0. The summed E-state index contributed by atoms with van der Waals surface area (Å²) < 4.78 is 0. The number of rotatable bonds is 6. The Hall–Kier alpha value is -0.280. The summed E-state index contributed by atoms with van der Waals surface area (Å²) in [5.41, 5.74) is 0. The molecular weight excluding hydrogens is 248 g/mol. The number of carbonyl (C=O) groups excluding carboxylic acids is 1. The summed E-state index contributed by atoms with van der Waals surface area (Å²) in [4.78, 5) is 14.1. The number of nitrogens with one attached hydrogen (secondary N) is 1. The van der Waals surface area contributed by atoms with Crippen molar-refractivity contribution in [1.29, 1.82) is 0 Å². The van der Waals surface area contributed by atoms with E-state index in [0.29, 0.717) is 12.5 Å². The van der Waals surface area contributed by atoms with E-state index in [1.165, 1.54) is 38.5 Å². The minimum Gasteiger partial charge on any atom is -0.341 e. The molecule has 2 fully saturated rings. The Balaban J connectivity index is 0.00000162. The van der Waals surface area contributed by atoms with Gasteiger partial charge in [0, 0.05) is 13.1 Å². The molecule has 1 atom stereocenters. The first kappa shape index (κ1) is 15.8. The lowest BCUT2D eigenvalue weighted by Gasteiger charge is -2.32. The average Bonchev–Trinajstić information content (AvgIpc) is 3.14. The Labute approximate surface area is 117 Å². The highest BCUT2D eigenvalue weighted by molar-refractivity contribution is 5.85. The van der Waals surface area contributed by atoms with Gasteiger partial charge in [-0.1, -0.05) is 13.3 Å². The molecule has 0 aromatic carbocycles. The second-order valence-corrected chi connectivity index (χ2v) is 5.71. The number of piperidine rings is 1. The number of halogens is 1. The Morgan fingerprint density at radius 3 is 2.72 bits per heavy atom. The van der Waals surface area contributed by atoms with Gasteiger partial charge in [0.15, 0.2) is 0 Å². The molecule has 2 aliphatic rings. The van der Waals surface area contributed by atoms with Gasteiger partial charge in [-0.3, -0.25) is 4.79 Å². The Morgan fingerprint density at radius 2 is 2.06 bits per heavy atom. The molecule has 0 aromatic heterocycles. The van der Waals surface area contributed by atoms with Gasteiger partial charge in [0.1, 0.15) is 0 Å². The maximum Gasteiger partial charge on any atom is 0.236 e. The van der Waals surface area contributed by atoms with E-state index in [0.717, 1.165) is 31.5 Å². The molecule has 106 valence electrons. The number of carbonyl (C=O) groups is 1. The monoisotopic (exact) mass is 274 g/mol. The summed E-state index contributed by atoms with van der Waals surface area (Å²) in [5, 5.41) is 3.30. The van der Waals surface area contributed by atoms with Crippen LogP contribution >= 0.6 is 12.4 Å². The van der Waals surface area contributed by atoms with Crippen molar-refractivity contribution in [2.75, 3.05) is 26.2 Å². The smallest absolute Gasteiger partial charge is 0.236 e. The van der Waals surface area contributed by atoms with Crippen molar-refractivity contribution in [3.63, 3.8) is 0 Å². The SMILES string of the molecule is CCCC1CCCN(C(=O)CNCC2CC2)C1.Cl. The fraction of sp³-hybridized carbons (Fsp3) is 0.929. The van der Waals surface area contributed by atoms with E-state index in [9.17, 15) is 4.79 Å². The zero-order valence-corrected chi connectivity index (χ0v) is 12.3. The first-order valence-electron chi connectivity index (χ1n) is 7.28. The van der Waals surface area contributed by atoms with Crippen LogP contribution in [0.1, 0.15) is 45.4 Å². The number of nitrogens with zero attached hydrogens (tertiary/aromatic N) is 1. The van der Waals surface area contributed by atoms with Gasteiger partial charge in [-0.15, -0.1) is 12.4 Å². The van der Waals surface area contributed by atoms with Gasteiger partial charge in [-0.05, 0) is 50.5 Å². The normalized spacial score (nSPS) is 23.6. The maximum atomic E-state index is 12.0. The van der Waals surface area contributed by atoms with Crippen molar-refractivity contribution in [1.82, 2.24) is 10.2 Å². The van der Waals surface area contributed by atoms with Crippen LogP contribution in [0.25, 0.3) is 0 Å². The summed E-state index contributed by atoms with van der Waals surface area (Å²) in [6, 6.07) is 0. The minimum absolute atomic E-state index is 0. The molecule has 1 saturated carbocycles. The van der Waals surface area contributed by atoms with Crippen LogP contribution in [-0.2, 0) is 4.79 Å². The summed E-state index contributed by atoms with van der Waals surface area (Å²) in [6.07, 6.45) is 7.73. The van der Waals surface area contributed by atoms with Crippen LogP contribution in [0.2, 0.25) is 0 Å². The first-order valence-corrected chi connectivity index (χ1v) is 7.28. The van der Waals surface area contributed by atoms with Crippen LogP contribution in [0.3, 0.4) is 0 Å². The molecule has 1 heterocycles. The van der Waals surface area contributed by atoms with Crippen LogP contribution in [0.15, 0.2) is 0 Å². The van der Waals surface area contributed by atoms with Crippen molar-refractivity contribution in [2.45, 2.75) is 45.4 Å². The van der Waals surface area contributed by atoms with Crippen molar-refractivity contribution in [3.05, 3.63) is 0 Å². The second kappa shape index (κ2) is 8.00. The van der Waals surface area contributed by atoms with Gasteiger partial charge in [-0.25, -0.2) is 0 Å². The van der Waals surface area contributed by atoms with Gasteiger partial charge in [-0.2, -0.15) is 0 Å². The van der Waals surface area contributed by atoms with Crippen LogP contribution < -0.4 is 5.32 Å². The fourth-order valence-corrected chi connectivity index (χ4v) is 2.75. The second-order valence-electron chi connectivity index (χ2n) is 5.71. The molecule has 2 rings (SSSR count). The third-order valence-corrected chi connectivity index (χ3v) is 3.97. The zero-order chi connectivity index (χ0) is 12.1. The van der Waals surface area contributed by atoms with Crippen LogP contribution in [0, 0.1) is 11.8 Å². The van der Waals surface area contributed by atoms with Gasteiger partial charge in [0.2, 0.25) is 5.91 Å². The summed E-state index contributed by atoms with van der Waals surface area (Å²) in [6.45, 7) is 5.80. The van der Waals surface area contributed by atoms with Gasteiger partial charge in [0.05, 0.1) is 6.54 Å². The average molecular weight is 275 g/mol. The van der Waals surface area contributed by atoms with E-state index in [1.54, 1.807) is 0 Å². The third-order valence-electron chi connectivity index (χ3n) is 3.97. The lowest BCUT2D eigenvalue weighted by Crippen LogP contribution is -2.44. The molecule has 18 heavy (non-hydrogen) atoms. The lowest BCUT2D eigenvalue weighted by molar-refractivity contribution is -0.132. The molecule has 1 amide bonds. The highest BCUT2D eigenvalue weighted by Crippen LogP contribution is 2.27. The van der Waals surface area contributed by atoms with E-state index in [1.807, 2.05) is 0 Å². The van der Waals surface area contributed by atoms with Gasteiger partial charge >= 0.3 is 0 Å².